The molecule has 9 nitrogen and oxygen atoms in total. The minimum atomic E-state index is -3.45. The number of nitrogens with zero attached hydrogens (tertiary/aromatic N) is 3. The van der Waals surface area contributed by atoms with Crippen LogP contribution in [0.5, 0.6) is 11.5 Å². The Hall–Kier alpha value is -4.52. The van der Waals surface area contributed by atoms with E-state index in [0.717, 1.165) is 22.2 Å². The van der Waals surface area contributed by atoms with E-state index in [1.54, 1.807) is 49.8 Å². The van der Waals surface area contributed by atoms with Crippen LogP contribution in [0.3, 0.4) is 0 Å². The summed E-state index contributed by atoms with van der Waals surface area (Å²) in [5.74, 6) is 1.45. The van der Waals surface area contributed by atoms with Crippen LogP contribution in [0, 0.1) is 5.82 Å². The van der Waals surface area contributed by atoms with Crippen molar-refractivity contribution in [2.75, 3.05) is 38.3 Å². The van der Waals surface area contributed by atoms with Crippen LogP contribution in [0.15, 0.2) is 113 Å². The molecule has 1 N–H and O–H groups in total. The lowest BCUT2D eigenvalue weighted by molar-refractivity contribution is 0.0104. The molecule has 1 aromatic heterocycles. The highest BCUT2D eigenvalue weighted by atomic mass is 79.9. The SMILES string of the molecule is COc1cc2ncnc(Nc3ccc(OCc4cccc(F)c4)c(Br)c3)c2cc1C1(CN(C)CCS(=O)(=O)c2ccccc2)CC=CO1. The maximum absolute atomic E-state index is 13.6. The van der Waals surface area contributed by atoms with Crippen molar-refractivity contribution in [1.29, 1.82) is 0 Å². The molecule has 1 aliphatic heterocycles. The van der Waals surface area contributed by atoms with Crippen molar-refractivity contribution in [3.63, 3.8) is 0 Å². The third-order valence-electron chi connectivity index (χ3n) is 8.13. The van der Waals surface area contributed by atoms with Crippen molar-refractivity contribution in [1.82, 2.24) is 14.9 Å². The Labute approximate surface area is 287 Å². The molecule has 12 heteroatoms. The zero-order valence-corrected chi connectivity index (χ0v) is 28.8. The molecule has 48 heavy (non-hydrogen) atoms. The third kappa shape index (κ3) is 7.46. The van der Waals surface area contributed by atoms with E-state index in [4.69, 9.17) is 14.2 Å². The molecule has 0 amide bonds. The summed E-state index contributed by atoms with van der Waals surface area (Å²) >= 11 is 3.59. The summed E-state index contributed by atoms with van der Waals surface area (Å²) in [5, 5.41) is 4.15. The molecular weight excluding hydrogens is 699 g/mol. The van der Waals surface area contributed by atoms with Crippen LogP contribution >= 0.6 is 15.9 Å². The number of rotatable bonds is 13. The number of ether oxygens (including phenoxy) is 3. The molecule has 248 valence electrons. The quantitative estimate of drug-likeness (QED) is 0.133. The molecule has 4 aromatic carbocycles. The number of aromatic nitrogens is 2. The zero-order chi connectivity index (χ0) is 33.7. The fourth-order valence-electron chi connectivity index (χ4n) is 5.69. The number of anilines is 2. The van der Waals surface area contributed by atoms with Crippen molar-refractivity contribution < 1.29 is 27.0 Å². The van der Waals surface area contributed by atoms with Crippen molar-refractivity contribution in [3.8, 4) is 11.5 Å². The van der Waals surface area contributed by atoms with Crippen LogP contribution in [0.4, 0.5) is 15.9 Å². The number of sulfone groups is 1. The number of benzene rings is 4. The average molecular weight is 734 g/mol. The van der Waals surface area contributed by atoms with Gasteiger partial charge in [0.05, 0.1) is 34.0 Å². The molecule has 0 saturated heterocycles. The lowest BCUT2D eigenvalue weighted by atomic mass is 9.88. The summed E-state index contributed by atoms with van der Waals surface area (Å²) < 4.78 is 58.3. The molecule has 0 radical (unpaired) electrons. The van der Waals surface area contributed by atoms with Gasteiger partial charge < -0.3 is 24.4 Å². The van der Waals surface area contributed by atoms with Crippen LogP contribution in [0.2, 0.25) is 0 Å². The van der Waals surface area contributed by atoms with Gasteiger partial charge in [-0.25, -0.2) is 22.8 Å². The lowest BCUT2D eigenvalue weighted by Crippen LogP contribution is -2.40. The number of halogens is 2. The highest BCUT2D eigenvalue weighted by molar-refractivity contribution is 9.10. The maximum Gasteiger partial charge on any atom is 0.179 e. The average Bonchev–Trinajstić information content (AvgIpc) is 3.56. The fraction of sp³-hybridized carbons (Fsp3) is 0.222. The smallest absolute Gasteiger partial charge is 0.179 e. The lowest BCUT2D eigenvalue weighted by Gasteiger charge is -2.34. The maximum atomic E-state index is 13.6. The normalized spacial score (nSPS) is 15.9. The number of hydrogen-bond donors (Lipinski definition) is 1. The number of likely N-dealkylation sites (N-methyl/N-ethyl adjacent to an activating group) is 1. The first-order valence-electron chi connectivity index (χ1n) is 15.2. The Morgan fingerprint density at radius 3 is 2.58 bits per heavy atom. The van der Waals surface area contributed by atoms with Crippen LogP contribution in [0.1, 0.15) is 17.5 Å². The van der Waals surface area contributed by atoms with E-state index in [1.807, 2.05) is 54.4 Å². The summed E-state index contributed by atoms with van der Waals surface area (Å²) in [6.07, 6.45) is 5.67. The standard InChI is InChI=1S/C36H34BrFN4O5S/c1-42(15-17-48(43,44)28-10-4-3-5-11-28)23-36(14-7-16-47-36)30-20-29-32(21-34(30)45-2)39-24-40-35(29)41-27-12-13-33(31(37)19-27)46-22-25-8-6-9-26(38)18-25/h3-13,16,18-21,24H,14-15,17,22-23H2,1-2H3,(H,39,40,41). The second-order valence-corrected chi connectivity index (χ2v) is 14.5. The van der Waals surface area contributed by atoms with E-state index in [9.17, 15) is 12.8 Å². The van der Waals surface area contributed by atoms with E-state index in [1.165, 1.54) is 18.5 Å². The number of hydrogen-bond acceptors (Lipinski definition) is 9. The van der Waals surface area contributed by atoms with Gasteiger partial charge in [0.1, 0.15) is 36.1 Å². The first-order chi connectivity index (χ1) is 23.2. The van der Waals surface area contributed by atoms with Gasteiger partial charge in [-0.15, -0.1) is 0 Å². The molecule has 1 unspecified atom stereocenters. The van der Waals surface area contributed by atoms with E-state index in [-0.39, 0.29) is 18.2 Å². The van der Waals surface area contributed by atoms with Gasteiger partial charge >= 0.3 is 0 Å². The first-order valence-corrected chi connectivity index (χ1v) is 17.7. The molecule has 0 saturated carbocycles. The van der Waals surface area contributed by atoms with Crippen molar-refractivity contribution in [2.24, 2.45) is 0 Å². The fourth-order valence-corrected chi connectivity index (χ4v) is 7.54. The van der Waals surface area contributed by atoms with Gasteiger partial charge in [-0.05, 0) is 83.1 Å². The molecule has 0 spiro atoms. The number of nitrogens with one attached hydrogen (secondary N) is 1. The van der Waals surface area contributed by atoms with Crippen molar-refractivity contribution in [2.45, 2.75) is 23.5 Å². The van der Waals surface area contributed by atoms with E-state index in [2.05, 4.69) is 31.2 Å². The molecule has 0 aliphatic carbocycles. The third-order valence-corrected chi connectivity index (χ3v) is 10.5. The molecule has 5 aromatic rings. The molecule has 0 bridgehead atoms. The predicted molar refractivity (Wildman–Crippen MR) is 187 cm³/mol. The molecule has 1 atom stereocenters. The van der Waals surface area contributed by atoms with Gasteiger partial charge in [0.15, 0.2) is 15.4 Å². The minimum absolute atomic E-state index is 0.0298. The molecule has 2 heterocycles. The molecule has 6 rings (SSSR count). The second kappa shape index (κ2) is 14.3. The Bertz CT molecular complexity index is 2060. The van der Waals surface area contributed by atoms with Gasteiger partial charge in [-0.2, -0.15) is 0 Å². The highest BCUT2D eigenvalue weighted by Gasteiger charge is 2.40. The van der Waals surface area contributed by atoms with Gasteiger partial charge in [-0.3, -0.25) is 0 Å². The Balaban J connectivity index is 1.24. The number of methoxy groups -OCH3 is 1. The van der Waals surface area contributed by atoms with E-state index in [0.29, 0.717) is 51.7 Å². The van der Waals surface area contributed by atoms with Gasteiger partial charge in [-0.1, -0.05) is 30.3 Å². The van der Waals surface area contributed by atoms with Crippen LogP contribution in [-0.4, -0.2) is 56.3 Å². The Morgan fingerprint density at radius 2 is 1.85 bits per heavy atom. The summed E-state index contributed by atoms with van der Waals surface area (Å²) in [4.78, 5) is 11.3. The zero-order valence-electron chi connectivity index (χ0n) is 26.4. The predicted octanol–water partition coefficient (Wildman–Crippen LogP) is 7.40. The number of fused-ring (bicyclic) bond motifs is 1. The molecule has 0 fully saturated rings. The monoisotopic (exact) mass is 732 g/mol. The molecule has 1 aliphatic rings. The van der Waals surface area contributed by atoms with Crippen LogP contribution in [0.25, 0.3) is 10.9 Å². The van der Waals surface area contributed by atoms with Crippen molar-refractivity contribution in [3.05, 3.63) is 125 Å². The van der Waals surface area contributed by atoms with E-state index >= 15 is 0 Å². The second-order valence-electron chi connectivity index (χ2n) is 11.5. The summed E-state index contributed by atoms with van der Waals surface area (Å²) in [6, 6.07) is 24.2. The van der Waals surface area contributed by atoms with Gasteiger partial charge in [0.2, 0.25) is 0 Å². The summed E-state index contributed by atoms with van der Waals surface area (Å²) in [7, 11) is 0.0432. The summed E-state index contributed by atoms with van der Waals surface area (Å²) in [5.41, 5.74) is 2.11. The van der Waals surface area contributed by atoms with Crippen molar-refractivity contribution >= 4 is 48.2 Å². The minimum Gasteiger partial charge on any atom is -0.496 e. The van der Waals surface area contributed by atoms with Crippen LogP contribution in [-0.2, 0) is 26.8 Å². The topological polar surface area (TPSA) is 103 Å². The van der Waals surface area contributed by atoms with Gasteiger partial charge in [0.25, 0.3) is 0 Å². The first kappa shape index (κ1) is 33.4. The Morgan fingerprint density at radius 1 is 1.02 bits per heavy atom. The Kier molecular flexibility index (Phi) is 9.95. The highest BCUT2D eigenvalue weighted by Crippen LogP contribution is 2.43. The van der Waals surface area contributed by atoms with Gasteiger partial charge in [0, 0.05) is 42.2 Å². The molecular formula is C36H34BrFN4O5S. The summed E-state index contributed by atoms with van der Waals surface area (Å²) in [6.45, 7) is 0.943. The largest absolute Gasteiger partial charge is 0.496 e. The van der Waals surface area contributed by atoms with E-state index < -0.39 is 15.4 Å². The van der Waals surface area contributed by atoms with Crippen LogP contribution < -0.4 is 14.8 Å².